The molecule has 2 fully saturated rings. The van der Waals surface area contributed by atoms with E-state index in [4.69, 9.17) is 23.2 Å². The summed E-state index contributed by atoms with van der Waals surface area (Å²) in [6.07, 6.45) is 4.85. The quantitative estimate of drug-likeness (QED) is 0.677. The molecule has 0 radical (unpaired) electrons. The Labute approximate surface area is 77.4 Å². The van der Waals surface area contributed by atoms with Gasteiger partial charge in [0.25, 0.3) is 0 Å². The summed E-state index contributed by atoms with van der Waals surface area (Å²) in [6, 6.07) is 0.814. The zero-order chi connectivity index (χ0) is 7.90. The van der Waals surface area contributed by atoms with Gasteiger partial charge in [0.05, 0.1) is 0 Å². The molecule has 0 aromatic carbocycles. The molecule has 1 unspecified atom stereocenters. The van der Waals surface area contributed by atoms with E-state index in [1.165, 1.54) is 12.8 Å². The van der Waals surface area contributed by atoms with Gasteiger partial charge in [0.2, 0.25) is 0 Å². The molecule has 0 aromatic heterocycles. The summed E-state index contributed by atoms with van der Waals surface area (Å²) in [5, 5.41) is 3.45. The van der Waals surface area contributed by atoms with Gasteiger partial charge in [0, 0.05) is 6.04 Å². The SMILES string of the molecule is ClC1(Cl)CC1CCNC1CC1. The van der Waals surface area contributed by atoms with E-state index in [0.717, 1.165) is 25.4 Å². The van der Waals surface area contributed by atoms with E-state index in [1.807, 2.05) is 0 Å². The lowest BCUT2D eigenvalue weighted by Crippen LogP contribution is -2.18. The predicted octanol–water partition coefficient (Wildman–Crippen LogP) is 2.32. The smallest absolute Gasteiger partial charge is 0.121 e. The van der Waals surface area contributed by atoms with Crippen molar-refractivity contribution in [1.29, 1.82) is 0 Å². The second kappa shape index (κ2) is 2.79. The molecule has 1 nitrogen and oxygen atoms in total. The molecule has 0 spiro atoms. The fraction of sp³-hybridized carbons (Fsp3) is 1.00. The van der Waals surface area contributed by atoms with Crippen molar-refractivity contribution >= 4 is 23.2 Å². The highest BCUT2D eigenvalue weighted by atomic mass is 35.5. The third-order valence-electron chi connectivity index (χ3n) is 2.46. The van der Waals surface area contributed by atoms with Crippen molar-refractivity contribution in [3.63, 3.8) is 0 Å². The van der Waals surface area contributed by atoms with Crippen molar-refractivity contribution < 1.29 is 0 Å². The maximum Gasteiger partial charge on any atom is 0.121 e. The molecule has 0 saturated heterocycles. The highest BCUT2D eigenvalue weighted by Gasteiger charge is 2.50. The maximum atomic E-state index is 5.88. The van der Waals surface area contributed by atoms with Crippen LogP contribution in [-0.4, -0.2) is 16.9 Å². The van der Waals surface area contributed by atoms with E-state index < -0.39 is 0 Å². The molecular weight excluding hydrogens is 181 g/mol. The lowest BCUT2D eigenvalue weighted by molar-refractivity contribution is 0.607. The Bertz CT molecular complexity index is 154. The van der Waals surface area contributed by atoms with Crippen LogP contribution < -0.4 is 5.32 Å². The molecular formula is C8H13Cl2N. The van der Waals surface area contributed by atoms with Gasteiger partial charge in [0.15, 0.2) is 0 Å². The molecule has 0 aliphatic heterocycles. The Hall–Kier alpha value is 0.540. The van der Waals surface area contributed by atoms with E-state index in [0.29, 0.717) is 5.92 Å². The molecule has 2 rings (SSSR count). The van der Waals surface area contributed by atoms with Crippen LogP contribution in [0.25, 0.3) is 0 Å². The van der Waals surface area contributed by atoms with Crippen molar-refractivity contribution in [2.75, 3.05) is 6.54 Å². The molecule has 2 saturated carbocycles. The van der Waals surface area contributed by atoms with Crippen molar-refractivity contribution in [2.45, 2.75) is 36.1 Å². The standard InChI is InChI=1S/C8H13Cl2N/c9-8(10)5-6(8)3-4-11-7-1-2-7/h6-7,11H,1-5H2. The van der Waals surface area contributed by atoms with Crippen LogP contribution in [0.1, 0.15) is 25.7 Å². The van der Waals surface area contributed by atoms with Crippen molar-refractivity contribution in [1.82, 2.24) is 5.32 Å². The van der Waals surface area contributed by atoms with Crippen LogP contribution in [-0.2, 0) is 0 Å². The van der Waals surface area contributed by atoms with Gasteiger partial charge < -0.3 is 5.32 Å². The summed E-state index contributed by atoms with van der Waals surface area (Å²) in [5.41, 5.74) is 0. The first-order valence-corrected chi connectivity index (χ1v) is 5.05. The average Bonchev–Trinajstić information content (AvgIpc) is 2.75. The number of nitrogens with one attached hydrogen (secondary N) is 1. The van der Waals surface area contributed by atoms with Gasteiger partial charge in [-0.2, -0.15) is 0 Å². The topological polar surface area (TPSA) is 12.0 Å². The minimum atomic E-state index is -0.370. The van der Waals surface area contributed by atoms with Crippen LogP contribution in [0.5, 0.6) is 0 Å². The fourth-order valence-electron chi connectivity index (χ4n) is 1.33. The molecule has 0 bridgehead atoms. The highest BCUT2D eigenvalue weighted by molar-refractivity contribution is 6.50. The zero-order valence-corrected chi connectivity index (χ0v) is 7.96. The molecule has 11 heavy (non-hydrogen) atoms. The zero-order valence-electron chi connectivity index (χ0n) is 6.45. The second-order valence-electron chi connectivity index (χ2n) is 3.68. The molecule has 0 amide bonds. The van der Waals surface area contributed by atoms with Crippen molar-refractivity contribution in [3.8, 4) is 0 Å². The summed E-state index contributed by atoms with van der Waals surface area (Å²) >= 11 is 11.8. The van der Waals surface area contributed by atoms with Crippen LogP contribution in [0.4, 0.5) is 0 Å². The summed E-state index contributed by atoms with van der Waals surface area (Å²) in [6.45, 7) is 1.09. The first-order chi connectivity index (χ1) is 5.18. The Morgan fingerprint density at radius 2 is 2.00 bits per heavy atom. The lowest BCUT2D eigenvalue weighted by atomic mass is 10.3. The van der Waals surface area contributed by atoms with Gasteiger partial charge in [-0.25, -0.2) is 0 Å². The Balaban J connectivity index is 1.54. The average molecular weight is 194 g/mol. The van der Waals surface area contributed by atoms with Crippen molar-refractivity contribution in [2.24, 2.45) is 5.92 Å². The number of hydrogen-bond donors (Lipinski definition) is 1. The number of halogens is 2. The lowest BCUT2D eigenvalue weighted by Gasteiger charge is -2.01. The van der Waals surface area contributed by atoms with Crippen LogP contribution in [0, 0.1) is 5.92 Å². The molecule has 1 N–H and O–H groups in total. The Kier molecular flexibility index (Phi) is 2.07. The van der Waals surface area contributed by atoms with Gasteiger partial charge in [-0.15, -0.1) is 23.2 Å². The van der Waals surface area contributed by atoms with E-state index in [2.05, 4.69) is 5.32 Å². The van der Waals surface area contributed by atoms with E-state index in [-0.39, 0.29) is 4.33 Å². The molecule has 0 heterocycles. The van der Waals surface area contributed by atoms with Crippen LogP contribution in [0.15, 0.2) is 0 Å². The number of hydrogen-bond acceptors (Lipinski definition) is 1. The fourth-order valence-corrected chi connectivity index (χ4v) is 1.92. The van der Waals surface area contributed by atoms with Crippen LogP contribution in [0.2, 0.25) is 0 Å². The molecule has 0 aromatic rings. The Morgan fingerprint density at radius 1 is 1.36 bits per heavy atom. The van der Waals surface area contributed by atoms with Crippen LogP contribution >= 0.6 is 23.2 Å². The summed E-state index contributed by atoms with van der Waals surface area (Å²) in [4.78, 5) is 0. The van der Waals surface area contributed by atoms with Crippen molar-refractivity contribution in [3.05, 3.63) is 0 Å². The van der Waals surface area contributed by atoms with Gasteiger partial charge in [-0.05, 0) is 38.1 Å². The molecule has 64 valence electrons. The van der Waals surface area contributed by atoms with E-state index in [9.17, 15) is 0 Å². The summed E-state index contributed by atoms with van der Waals surface area (Å²) < 4.78 is -0.370. The predicted molar refractivity (Wildman–Crippen MR) is 48.2 cm³/mol. The van der Waals surface area contributed by atoms with E-state index in [1.54, 1.807) is 0 Å². The maximum absolute atomic E-state index is 5.88. The third-order valence-corrected chi connectivity index (χ3v) is 3.38. The van der Waals surface area contributed by atoms with E-state index >= 15 is 0 Å². The summed E-state index contributed by atoms with van der Waals surface area (Å²) in [5.74, 6) is 0.553. The van der Waals surface area contributed by atoms with Gasteiger partial charge in [-0.1, -0.05) is 0 Å². The largest absolute Gasteiger partial charge is 0.314 e. The van der Waals surface area contributed by atoms with Gasteiger partial charge in [-0.3, -0.25) is 0 Å². The molecule has 2 aliphatic carbocycles. The Morgan fingerprint density at radius 3 is 2.45 bits per heavy atom. The number of alkyl halides is 2. The number of rotatable bonds is 4. The highest BCUT2D eigenvalue weighted by Crippen LogP contribution is 2.54. The molecule has 3 heteroatoms. The van der Waals surface area contributed by atoms with Crippen LogP contribution in [0.3, 0.4) is 0 Å². The van der Waals surface area contributed by atoms with Gasteiger partial charge in [0.1, 0.15) is 4.33 Å². The monoisotopic (exact) mass is 193 g/mol. The first-order valence-electron chi connectivity index (χ1n) is 4.30. The second-order valence-corrected chi connectivity index (χ2v) is 5.22. The summed E-state index contributed by atoms with van der Waals surface area (Å²) in [7, 11) is 0. The molecule has 1 atom stereocenters. The first kappa shape index (κ1) is 8.15. The normalized spacial score (nSPS) is 33.8. The minimum Gasteiger partial charge on any atom is -0.314 e. The minimum absolute atomic E-state index is 0.370. The molecule has 2 aliphatic rings. The van der Waals surface area contributed by atoms with Gasteiger partial charge >= 0.3 is 0 Å². The third kappa shape index (κ3) is 2.24.